The van der Waals surface area contributed by atoms with Crippen molar-refractivity contribution in [2.24, 2.45) is 0 Å². The lowest BCUT2D eigenvalue weighted by molar-refractivity contribution is 0.0788. The third-order valence-electron chi connectivity index (χ3n) is 4.96. The van der Waals surface area contributed by atoms with Crippen molar-refractivity contribution < 1.29 is 19.1 Å². The number of carbonyl (C=O) groups is 2. The van der Waals surface area contributed by atoms with Gasteiger partial charge in [0.1, 0.15) is 11.6 Å². The Hall–Kier alpha value is -2.96. The Balaban J connectivity index is 1.67. The van der Waals surface area contributed by atoms with Crippen molar-refractivity contribution in [1.29, 1.82) is 0 Å². The van der Waals surface area contributed by atoms with Gasteiger partial charge in [0.15, 0.2) is 0 Å². The van der Waals surface area contributed by atoms with E-state index in [9.17, 15) is 19.1 Å². The number of nitrogens with zero attached hydrogens (tertiary/aromatic N) is 1. The molecule has 3 rings (SSSR count). The number of aryl methyl sites for hydroxylation is 1. The number of aromatic nitrogens is 1. The molecule has 142 valence electrons. The van der Waals surface area contributed by atoms with Crippen LogP contribution < -0.4 is 10.6 Å². The van der Waals surface area contributed by atoms with Crippen LogP contribution >= 0.6 is 0 Å². The van der Waals surface area contributed by atoms with Gasteiger partial charge in [-0.2, -0.15) is 0 Å². The SMILES string of the molecule is CCc1ccc(F)cc1C(=O)NCC1(NC(=O)c2cncc(O)c2)CCC1. The van der Waals surface area contributed by atoms with Crippen molar-refractivity contribution in [3.05, 3.63) is 59.2 Å². The van der Waals surface area contributed by atoms with Crippen molar-refractivity contribution >= 4 is 11.8 Å². The Kier molecular flexibility index (Phi) is 5.39. The van der Waals surface area contributed by atoms with E-state index < -0.39 is 11.4 Å². The summed E-state index contributed by atoms with van der Waals surface area (Å²) in [6.07, 6.45) is 5.65. The second-order valence-electron chi connectivity index (χ2n) is 6.86. The Bertz CT molecular complexity index is 865. The maximum Gasteiger partial charge on any atom is 0.253 e. The lowest BCUT2D eigenvalue weighted by Gasteiger charge is -2.42. The number of hydrogen-bond donors (Lipinski definition) is 3. The number of hydrogen-bond acceptors (Lipinski definition) is 4. The van der Waals surface area contributed by atoms with Gasteiger partial charge in [0.25, 0.3) is 11.8 Å². The summed E-state index contributed by atoms with van der Waals surface area (Å²) in [4.78, 5) is 28.8. The number of halogens is 1. The van der Waals surface area contributed by atoms with Gasteiger partial charge < -0.3 is 15.7 Å². The largest absolute Gasteiger partial charge is 0.506 e. The molecular weight excluding hydrogens is 349 g/mol. The zero-order valence-electron chi connectivity index (χ0n) is 15.1. The number of carbonyl (C=O) groups excluding carboxylic acids is 2. The Morgan fingerprint density at radius 1 is 1.22 bits per heavy atom. The van der Waals surface area contributed by atoms with Gasteiger partial charge in [-0.15, -0.1) is 0 Å². The zero-order chi connectivity index (χ0) is 19.4. The lowest BCUT2D eigenvalue weighted by Crippen LogP contribution is -2.59. The van der Waals surface area contributed by atoms with Gasteiger partial charge in [-0.25, -0.2) is 4.39 Å². The number of nitrogens with one attached hydrogen (secondary N) is 2. The molecule has 3 N–H and O–H groups in total. The van der Waals surface area contributed by atoms with E-state index in [1.165, 1.54) is 30.6 Å². The summed E-state index contributed by atoms with van der Waals surface area (Å²) in [7, 11) is 0. The van der Waals surface area contributed by atoms with E-state index in [4.69, 9.17) is 0 Å². The summed E-state index contributed by atoms with van der Waals surface area (Å²) in [5, 5.41) is 15.2. The summed E-state index contributed by atoms with van der Waals surface area (Å²) < 4.78 is 13.5. The molecule has 2 amide bonds. The summed E-state index contributed by atoms with van der Waals surface area (Å²) in [6.45, 7) is 2.16. The second-order valence-corrected chi connectivity index (χ2v) is 6.86. The molecule has 1 aromatic carbocycles. The molecule has 0 unspecified atom stereocenters. The molecule has 1 aliphatic carbocycles. The lowest BCUT2D eigenvalue weighted by atomic mass is 9.76. The predicted octanol–water partition coefficient (Wildman–Crippen LogP) is 2.57. The highest BCUT2D eigenvalue weighted by atomic mass is 19.1. The second kappa shape index (κ2) is 7.73. The number of amides is 2. The van der Waals surface area contributed by atoms with Gasteiger partial charge in [0, 0.05) is 18.3 Å². The first-order chi connectivity index (χ1) is 12.9. The first-order valence-corrected chi connectivity index (χ1v) is 8.95. The molecule has 0 atom stereocenters. The van der Waals surface area contributed by atoms with E-state index in [2.05, 4.69) is 15.6 Å². The van der Waals surface area contributed by atoms with Crippen molar-refractivity contribution in [2.45, 2.75) is 38.1 Å². The van der Waals surface area contributed by atoms with Crippen LogP contribution in [0.15, 0.2) is 36.7 Å². The number of pyridine rings is 1. The van der Waals surface area contributed by atoms with Crippen LogP contribution in [0.4, 0.5) is 4.39 Å². The van der Waals surface area contributed by atoms with Gasteiger partial charge in [-0.3, -0.25) is 14.6 Å². The number of aromatic hydroxyl groups is 1. The smallest absolute Gasteiger partial charge is 0.253 e. The molecule has 0 aliphatic heterocycles. The highest BCUT2D eigenvalue weighted by molar-refractivity contribution is 5.96. The van der Waals surface area contributed by atoms with Crippen LogP contribution in [-0.2, 0) is 6.42 Å². The van der Waals surface area contributed by atoms with Gasteiger partial charge in [0.2, 0.25) is 0 Å². The molecule has 0 saturated heterocycles. The van der Waals surface area contributed by atoms with E-state index in [0.29, 0.717) is 12.0 Å². The van der Waals surface area contributed by atoms with Crippen LogP contribution in [0, 0.1) is 5.82 Å². The minimum Gasteiger partial charge on any atom is -0.506 e. The van der Waals surface area contributed by atoms with Gasteiger partial charge in [-0.05, 0) is 49.4 Å². The molecule has 0 bridgehead atoms. The summed E-state index contributed by atoms with van der Waals surface area (Å²) >= 11 is 0. The maximum absolute atomic E-state index is 13.5. The van der Waals surface area contributed by atoms with Crippen LogP contribution in [-0.4, -0.2) is 34.0 Å². The fraction of sp³-hybridized carbons (Fsp3) is 0.350. The third kappa shape index (κ3) is 4.24. The Morgan fingerprint density at radius 2 is 2.00 bits per heavy atom. The minimum absolute atomic E-state index is 0.0863. The van der Waals surface area contributed by atoms with Gasteiger partial charge >= 0.3 is 0 Å². The molecular formula is C20H22FN3O3. The Morgan fingerprint density at radius 3 is 2.63 bits per heavy atom. The number of benzene rings is 1. The van der Waals surface area contributed by atoms with Crippen LogP contribution in [0.25, 0.3) is 0 Å². The average Bonchev–Trinajstić information content (AvgIpc) is 2.63. The molecule has 6 nitrogen and oxygen atoms in total. The van der Waals surface area contributed by atoms with Crippen molar-refractivity contribution in [1.82, 2.24) is 15.6 Å². The molecule has 1 saturated carbocycles. The van der Waals surface area contributed by atoms with Crippen LogP contribution in [0.3, 0.4) is 0 Å². The Labute approximate surface area is 156 Å². The fourth-order valence-corrected chi connectivity index (χ4v) is 3.23. The molecule has 0 radical (unpaired) electrons. The average molecular weight is 371 g/mol. The zero-order valence-corrected chi connectivity index (χ0v) is 15.1. The number of rotatable bonds is 6. The maximum atomic E-state index is 13.5. The topological polar surface area (TPSA) is 91.3 Å². The summed E-state index contributed by atoms with van der Waals surface area (Å²) in [5.41, 5.74) is 0.797. The standard InChI is InChI=1S/C20H22FN3O3/c1-2-13-4-5-15(21)9-17(13)19(27)23-12-20(6-3-7-20)24-18(26)14-8-16(25)11-22-10-14/h4-5,8-11,25H,2-3,6-7,12H2,1H3,(H,23,27)(H,24,26). The van der Waals surface area contributed by atoms with Crippen LogP contribution in [0.1, 0.15) is 52.5 Å². The van der Waals surface area contributed by atoms with E-state index >= 15 is 0 Å². The third-order valence-corrected chi connectivity index (χ3v) is 4.96. The molecule has 0 spiro atoms. The van der Waals surface area contributed by atoms with Crippen molar-refractivity contribution in [2.75, 3.05) is 6.54 Å². The highest BCUT2D eigenvalue weighted by Crippen LogP contribution is 2.31. The summed E-state index contributed by atoms with van der Waals surface area (Å²) in [6, 6.07) is 5.53. The summed E-state index contributed by atoms with van der Waals surface area (Å²) in [5.74, 6) is -1.25. The first kappa shape index (κ1) is 18.8. The minimum atomic E-state index is -0.544. The van der Waals surface area contributed by atoms with Crippen LogP contribution in [0.5, 0.6) is 5.75 Å². The van der Waals surface area contributed by atoms with Gasteiger partial charge in [0.05, 0.1) is 17.3 Å². The van der Waals surface area contributed by atoms with E-state index in [1.54, 1.807) is 6.07 Å². The first-order valence-electron chi connectivity index (χ1n) is 8.95. The van der Waals surface area contributed by atoms with Crippen molar-refractivity contribution in [3.8, 4) is 5.75 Å². The monoisotopic (exact) mass is 371 g/mol. The molecule has 1 heterocycles. The molecule has 1 aliphatic rings. The van der Waals surface area contributed by atoms with E-state index in [1.807, 2.05) is 6.92 Å². The van der Waals surface area contributed by atoms with Crippen molar-refractivity contribution in [3.63, 3.8) is 0 Å². The van der Waals surface area contributed by atoms with Crippen LogP contribution in [0.2, 0.25) is 0 Å². The molecule has 1 aromatic heterocycles. The highest BCUT2D eigenvalue weighted by Gasteiger charge is 2.39. The predicted molar refractivity (Wildman–Crippen MR) is 98.1 cm³/mol. The molecule has 2 aromatic rings. The van der Waals surface area contributed by atoms with E-state index in [0.717, 1.165) is 24.8 Å². The quantitative estimate of drug-likeness (QED) is 0.728. The fourth-order valence-electron chi connectivity index (χ4n) is 3.23. The van der Waals surface area contributed by atoms with E-state index in [-0.39, 0.29) is 29.7 Å². The molecule has 27 heavy (non-hydrogen) atoms. The van der Waals surface area contributed by atoms with Gasteiger partial charge in [-0.1, -0.05) is 13.0 Å². The molecule has 1 fully saturated rings. The normalized spacial score (nSPS) is 14.9. The molecule has 7 heteroatoms.